The van der Waals surface area contributed by atoms with Crippen molar-refractivity contribution in [1.82, 2.24) is 20.2 Å². The molecular weight excluding hydrogens is 419 g/mol. The third-order valence-electron chi connectivity index (χ3n) is 5.83. The first-order valence-corrected chi connectivity index (χ1v) is 11.1. The maximum Gasteiger partial charge on any atom is 0.252 e. The van der Waals surface area contributed by atoms with Crippen molar-refractivity contribution < 1.29 is 14.0 Å². The average Bonchev–Trinajstić information content (AvgIpc) is 3.29. The van der Waals surface area contributed by atoms with Crippen LogP contribution in [-0.4, -0.2) is 38.8 Å². The molecule has 0 spiro atoms. The number of hydrogen-bond acceptors (Lipinski definition) is 4. The van der Waals surface area contributed by atoms with Crippen LogP contribution >= 0.6 is 0 Å². The fraction of sp³-hybridized carbons (Fsp3) is 0.308. The van der Waals surface area contributed by atoms with Crippen molar-refractivity contribution in [3.8, 4) is 0 Å². The highest BCUT2D eigenvalue weighted by Crippen LogP contribution is 2.32. The molecule has 1 aliphatic rings. The lowest BCUT2D eigenvalue weighted by molar-refractivity contribution is -0.137. The first-order chi connectivity index (χ1) is 15.8. The van der Waals surface area contributed by atoms with Gasteiger partial charge in [0, 0.05) is 24.7 Å². The van der Waals surface area contributed by atoms with Gasteiger partial charge in [-0.05, 0) is 56.5 Å². The lowest BCUT2D eigenvalue weighted by Crippen LogP contribution is -2.55. The summed E-state index contributed by atoms with van der Waals surface area (Å²) in [6.07, 6.45) is 5.42. The molecule has 0 aliphatic carbocycles. The number of likely N-dealkylation sites (tertiary alicyclic amines) is 1. The van der Waals surface area contributed by atoms with Crippen LogP contribution in [0.4, 0.5) is 4.39 Å². The first-order valence-electron chi connectivity index (χ1n) is 11.1. The van der Waals surface area contributed by atoms with E-state index in [4.69, 9.17) is 4.98 Å². The van der Waals surface area contributed by atoms with E-state index in [9.17, 15) is 14.0 Å². The van der Waals surface area contributed by atoms with Gasteiger partial charge in [-0.15, -0.1) is 0 Å². The van der Waals surface area contributed by atoms with Gasteiger partial charge < -0.3 is 10.2 Å². The Morgan fingerprint density at radius 3 is 2.67 bits per heavy atom. The monoisotopic (exact) mass is 446 g/mol. The van der Waals surface area contributed by atoms with Gasteiger partial charge in [0.05, 0.1) is 23.6 Å². The zero-order valence-electron chi connectivity index (χ0n) is 18.8. The highest BCUT2D eigenvalue weighted by atomic mass is 19.1. The van der Waals surface area contributed by atoms with E-state index < -0.39 is 5.54 Å². The topological polar surface area (TPSA) is 75.2 Å². The molecule has 1 aromatic heterocycles. The molecule has 0 bridgehead atoms. The second kappa shape index (κ2) is 9.48. The van der Waals surface area contributed by atoms with Crippen LogP contribution in [0.15, 0.2) is 67.0 Å². The number of rotatable bonds is 6. The minimum absolute atomic E-state index is 0.161. The molecule has 1 saturated heterocycles. The molecule has 33 heavy (non-hydrogen) atoms. The molecule has 2 heterocycles. The highest BCUT2D eigenvalue weighted by Gasteiger charge is 2.40. The average molecular weight is 447 g/mol. The van der Waals surface area contributed by atoms with Gasteiger partial charge in [-0.1, -0.05) is 30.3 Å². The van der Waals surface area contributed by atoms with E-state index in [2.05, 4.69) is 10.3 Å². The van der Waals surface area contributed by atoms with Gasteiger partial charge in [0.15, 0.2) is 0 Å². The Bertz CT molecular complexity index is 1150. The molecule has 0 saturated carbocycles. The molecule has 3 aromatic rings. The fourth-order valence-corrected chi connectivity index (χ4v) is 4.20. The van der Waals surface area contributed by atoms with Gasteiger partial charge in [0.25, 0.3) is 5.91 Å². The van der Waals surface area contributed by atoms with Crippen molar-refractivity contribution in [1.29, 1.82) is 0 Å². The molecule has 2 aromatic carbocycles. The zero-order valence-corrected chi connectivity index (χ0v) is 18.8. The lowest BCUT2D eigenvalue weighted by atomic mass is 10.0. The quantitative estimate of drug-likeness (QED) is 0.619. The Balaban J connectivity index is 1.50. The van der Waals surface area contributed by atoms with Crippen molar-refractivity contribution in [3.63, 3.8) is 0 Å². The number of nitrogens with zero attached hydrogens (tertiary/aromatic N) is 3. The summed E-state index contributed by atoms with van der Waals surface area (Å²) in [5.74, 6) is -0.739. The van der Waals surface area contributed by atoms with Crippen molar-refractivity contribution in [2.75, 3.05) is 6.54 Å². The SMILES string of the molecule is CC(C)(NC(=O)c1ccccc1)C(=O)N1CCC[C@@H]1c1cncc(Cc2cccc(F)c2)n1. The summed E-state index contributed by atoms with van der Waals surface area (Å²) < 4.78 is 13.5. The van der Waals surface area contributed by atoms with E-state index in [-0.39, 0.29) is 23.7 Å². The number of aromatic nitrogens is 2. The maximum absolute atomic E-state index is 13.5. The van der Waals surface area contributed by atoms with Crippen molar-refractivity contribution >= 4 is 11.8 Å². The normalized spacial score (nSPS) is 16.0. The smallest absolute Gasteiger partial charge is 0.252 e. The summed E-state index contributed by atoms with van der Waals surface area (Å²) in [4.78, 5) is 36.9. The summed E-state index contributed by atoms with van der Waals surface area (Å²) in [6.45, 7) is 4.03. The van der Waals surface area contributed by atoms with E-state index in [0.717, 1.165) is 18.4 Å². The fourth-order valence-electron chi connectivity index (χ4n) is 4.20. The van der Waals surface area contributed by atoms with Gasteiger partial charge in [0.1, 0.15) is 11.4 Å². The minimum atomic E-state index is -1.08. The summed E-state index contributed by atoms with van der Waals surface area (Å²) in [5.41, 5.74) is 1.66. The zero-order chi connectivity index (χ0) is 23.4. The highest BCUT2D eigenvalue weighted by molar-refractivity contribution is 5.99. The third kappa shape index (κ3) is 5.25. The number of hydrogen-bond donors (Lipinski definition) is 1. The Kier molecular flexibility index (Phi) is 6.49. The number of amides is 2. The molecule has 170 valence electrons. The largest absolute Gasteiger partial charge is 0.338 e. The van der Waals surface area contributed by atoms with Gasteiger partial charge in [-0.3, -0.25) is 19.6 Å². The molecule has 1 fully saturated rings. The molecule has 1 atom stereocenters. The van der Waals surface area contributed by atoms with Gasteiger partial charge in [0.2, 0.25) is 5.91 Å². The van der Waals surface area contributed by atoms with E-state index in [1.54, 1.807) is 61.5 Å². The molecule has 1 aliphatic heterocycles. The molecule has 1 N–H and O–H groups in total. The van der Waals surface area contributed by atoms with Crippen LogP contribution in [0.5, 0.6) is 0 Å². The van der Waals surface area contributed by atoms with Gasteiger partial charge >= 0.3 is 0 Å². The maximum atomic E-state index is 13.5. The van der Waals surface area contributed by atoms with E-state index in [1.165, 1.54) is 12.1 Å². The first kappa shape index (κ1) is 22.6. The van der Waals surface area contributed by atoms with Gasteiger partial charge in [-0.25, -0.2) is 4.39 Å². The number of nitrogens with one attached hydrogen (secondary N) is 1. The molecule has 4 rings (SSSR count). The Morgan fingerprint density at radius 2 is 1.91 bits per heavy atom. The number of carbonyl (C=O) groups is 2. The Hall–Kier alpha value is -3.61. The second-order valence-corrected chi connectivity index (χ2v) is 8.84. The van der Waals surface area contributed by atoms with Crippen LogP contribution < -0.4 is 5.32 Å². The molecule has 7 heteroatoms. The van der Waals surface area contributed by atoms with E-state index in [1.807, 2.05) is 12.1 Å². The second-order valence-electron chi connectivity index (χ2n) is 8.84. The van der Waals surface area contributed by atoms with Crippen molar-refractivity contribution in [2.24, 2.45) is 0 Å². The Morgan fingerprint density at radius 1 is 1.12 bits per heavy atom. The summed E-state index contributed by atoms with van der Waals surface area (Å²) in [6, 6.07) is 15.0. The van der Waals surface area contributed by atoms with Crippen LogP contribution in [0.3, 0.4) is 0 Å². The van der Waals surface area contributed by atoms with Crippen LogP contribution in [0, 0.1) is 5.82 Å². The van der Waals surface area contributed by atoms with Crippen molar-refractivity contribution in [2.45, 2.75) is 44.7 Å². The minimum Gasteiger partial charge on any atom is -0.338 e. The lowest BCUT2D eigenvalue weighted by Gasteiger charge is -2.33. The molecule has 0 unspecified atom stereocenters. The predicted molar refractivity (Wildman–Crippen MR) is 123 cm³/mol. The standard InChI is InChI=1S/C26H27FN4O2/c1-26(2,30-24(32)19-9-4-3-5-10-19)25(33)31-13-7-12-23(31)22-17-28-16-21(29-22)15-18-8-6-11-20(27)14-18/h3-6,8-11,14,16-17,23H,7,12-13,15H2,1-2H3,(H,30,32)/t23-/m1/s1. The molecule has 0 radical (unpaired) electrons. The van der Waals surface area contributed by atoms with Crippen LogP contribution in [0.1, 0.15) is 60.0 Å². The summed E-state index contributed by atoms with van der Waals surface area (Å²) in [7, 11) is 0. The molecule has 6 nitrogen and oxygen atoms in total. The van der Waals surface area contributed by atoms with Crippen LogP contribution in [0.2, 0.25) is 0 Å². The number of benzene rings is 2. The van der Waals surface area contributed by atoms with Crippen molar-refractivity contribution in [3.05, 3.63) is 95.3 Å². The van der Waals surface area contributed by atoms with Crippen LogP contribution in [0.25, 0.3) is 0 Å². The number of carbonyl (C=O) groups excluding carboxylic acids is 2. The van der Waals surface area contributed by atoms with E-state index in [0.29, 0.717) is 29.9 Å². The van der Waals surface area contributed by atoms with E-state index >= 15 is 0 Å². The Labute approximate surface area is 192 Å². The summed E-state index contributed by atoms with van der Waals surface area (Å²) in [5, 5.41) is 2.87. The third-order valence-corrected chi connectivity index (χ3v) is 5.83. The van der Waals surface area contributed by atoms with Gasteiger partial charge in [-0.2, -0.15) is 0 Å². The number of halogens is 1. The summed E-state index contributed by atoms with van der Waals surface area (Å²) >= 11 is 0. The predicted octanol–water partition coefficient (Wildman–Crippen LogP) is 4.08. The van der Waals surface area contributed by atoms with Crippen LogP contribution in [-0.2, 0) is 11.2 Å². The molecular formula is C26H27FN4O2. The molecule has 2 amide bonds.